The molecule has 126 valence electrons. The summed E-state index contributed by atoms with van der Waals surface area (Å²) in [5.74, 6) is 0.296. The van der Waals surface area contributed by atoms with E-state index in [1.165, 1.54) is 29.8 Å². The second kappa shape index (κ2) is 6.63. The Balaban J connectivity index is 1.83. The van der Waals surface area contributed by atoms with Crippen molar-refractivity contribution < 1.29 is 4.39 Å². The summed E-state index contributed by atoms with van der Waals surface area (Å²) >= 11 is 7.39. The number of hydrogen-bond acceptors (Lipinski definition) is 7. The van der Waals surface area contributed by atoms with E-state index in [0.29, 0.717) is 21.0 Å². The van der Waals surface area contributed by atoms with Crippen LogP contribution in [0, 0.1) is 17.1 Å². The first-order valence-corrected chi connectivity index (χ1v) is 8.55. The number of rotatable bonds is 3. The number of fused-ring (bicyclic) bond motifs is 1. The molecule has 26 heavy (non-hydrogen) atoms. The molecule has 0 saturated heterocycles. The van der Waals surface area contributed by atoms with Crippen LogP contribution in [0.25, 0.3) is 20.8 Å². The van der Waals surface area contributed by atoms with Crippen LogP contribution in [0.5, 0.6) is 0 Å². The van der Waals surface area contributed by atoms with Gasteiger partial charge in [-0.3, -0.25) is 0 Å². The highest BCUT2D eigenvalue weighted by Crippen LogP contribution is 2.38. The fourth-order valence-electron chi connectivity index (χ4n) is 2.38. The van der Waals surface area contributed by atoms with Crippen LogP contribution >= 0.6 is 22.9 Å². The molecule has 0 fully saturated rings. The maximum absolute atomic E-state index is 14.2. The van der Waals surface area contributed by atoms with Gasteiger partial charge in [0.1, 0.15) is 16.9 Å². The number of nitrogens with zero attached hydrogens (tertiary/aromatic N) is 5. The fourth-order valence-corrected chi connectivity index (χ4v) is 3.75. The predicted molar refractivity (Wildman–Crippen MR) is 97.8 cm³/mol. The van der Waals surface area contributed by atoms with Crippen LogP contribution < -0.4 is 5.32 Å². The van der Waals surface area contributed by atoms with Crippen molar-refractivity contribution in [1.29, 1.82) is 5.26 Å². The van der Waals surface area contributed by atoms with Crippen molar-refractivity contribution >= 4 is 44.8 Å². The van der Waals surface area contributed by atoms with Crippen molar-refractivity contribution in [3.63, 3.8) is 0 Å². The van der Waals surface area contributed by atoms with Crippen LogP contribution in [0.3, 0.4) is 0 Å². The zero-order valence-corrected chi connectivity index (χ0v) is 14.5. The molecule has 0 bridgehead atoms. The molecule has 0 aliphatic rings. The summed E-state index contributed by atoms with van der Waals surface area (Å²) in [4.78, 5) is 16.8. The van der Waals surface area contributed by atoms with Crippen LogP contribution in [0.4, 0.5) is 16.0 Å². The number of hydrogen-bond donors (Lipinski definition) is 1. The largest absolute Gasteiger partial charge is 0.321 e. The van der Waals surface area contributed by atoms with Crippen LogP contribution in [0.2, 0.25) is 5.02 Å². The summed E-state index contributed by atoms with van der Waals surface area (Å²) < 4.78 is 14.9. The van der Waals surface area contributed by atoms with Gasteiger partial charge in [-0.2, -0.15) is 5.26 Å². The topological polar surface area (TPSA) is 87.4 Å². The molecule has 0 atom stereocenters. The molecule has 0 aliphatic heterocycles. The third-order valence-corrected chi connectivity index (χ3v) is 4.93. The Morgan fingerprint density at radius 1 is 1.08 bits per heavy atom. The Morgan fingerprint density at radius 3 is 2.69 bits per heavy atom. The van der Waals surface area contributed by atoms with Gasteiger partial charge in [-0.05, 0) is 18.2 Å². The van der Waals surface area contributed by atoms with E-state index in [2.05, 4.69) is 25.3 Å². The van der Waals surface area contributed by atoms with Gasteiger partial charge in [0.2, 0.25) is 0 Å². The smallest absolute Gasteiger partial charge is 0.183 e. The summed E-state index contributed by atoms with van der Waals surface area (Å²) in [6.45, 7) is 0. The summed E-state index contributed by atoms with van der Waals surface area (Å²) in [7, 11) is 0. The maximum Gasteiger partial charge on any atom is 0.183 e. The van der Waals surface area contributed by atoms with Crippen LogP contribution in [-0.2, 0) is 0 Å². The molecule has 3 aromatic heterocycles. The molecule has 1 aromatic carbocycles. The Morgan fingerprint density at radius 2 is 1.88 bits per heavy atom. The van der Waals surface area contributed by atoms with Crippen molar-refractivity contribution in [1.82, 2.24) is 19.9 Å². The van der Waals surface area contributed by atoms with E-state index in [1.54, 1.807) is 24.4 Å². The van der Waals surface area contributed by atoms with E-state index in [4.69, 9.17) is 16.9 Å². The molecule has 0 unspecified atom stereocenters. The van der Waals surface area contributed by atoms with Gasteiger partial charge in [0, 0.05) is 18.6 Å². The number of nitriles is 1. The number of pyridine rings is 1. The highest BCUT2D eigenvalue weighted by atomic mass is 35.5. The molecule has 0 radical (unpaired) electrons. The summed E-state index contributed by atoms with van der Waals surface area (Å²) in [5.41, 5.74) is 1.02. The molecule has 4 rings (SSSR count). The Labute approximate surface area is 156 Å². The first kappa shape index (κ1) is 16.3. The fraction of sp³-hybridized carbons (Fsp3) is 0. The average Bonchev–Trinajstić information content (AvgIpc) is 3.07. The lowest BCUT2D eigenvalue weighted by Crippen LogP contribution is -2.00. The Kier molecular flexibility index (Phi) is 4.16. The zero-order valence-electron chi connectivity index (χ0n) is 12.9. The van der Waals surface area contributed by atoms with Gasteiger partial charge in [-0.15, -0.1) is 11.3 Å². The molecular formula is C17H8ClFN6S. The SMILES string of the molecule is N#Cc1nccnc1Nc1nccc2nc(-c3c(F)cccc3Cl)sc12. The minimum Gasteiger partial charge on any atom is -0.321 e. The second-order valence-electron chi connectivity index (χ2n) is 5.11. The Hall–Kier alpha value is -3.15. The number of benzene rings is 1. The first-order chi connectivity index (χ1) is 12.7. The average molecular weight is 383 g/mol. The van der Waals surface area contributed by atoms with E-state index in [-0.39, 0.29) is 22.1 Å². The molecular weight excluding hydrogens is 375 g/mol. The number of halogens is 2. The second-order valence-corrected chi connectivity index (χ2v) is 6.52. The summed E-state index contributed by atoms with van der Waals surface area (Å²) in [6, 6.07) is 8.18. The lowest BCUT2D eigenvalue weighted by atomic mass is 10.2. The van der Waals surface area contributed by atoms with Gasteiger partial charge < -0.3 is 5.32 Å². The van der Waals surface area contributed by atoms with E-state index < -0.39 is 5.82 Å². The highest BCUT2D eigenvalue weighted by molar-refractivity contribution is 7.22. The molecule has 1 N–H and O–H groups in total. The molecule has 6 nitrogen and oxygen atoms in total. The number of nitrogens with one attached hydrogen (secondary N) is 1. The number of thiazole rings is 1. The third-order valence-electron chi connectivity index (χ3n) is 3.52. The van der Waals surface area contributed by atoms with Gasteiger partial charge in [0.25, 0.3) is 0 Å². The molecule has 0 saturated carbocycles. The van der Waals surface area contributed by atoms with Gasteiger partial charge in [0.05, 0.1) is 20.8 Å². The van der Waals surface area contributed by atoms with Gasteiger partial charge in [-0.25, -0.2) is 24.3 Å². The molecule has 4 aromatic rings. The molecule has 9 heteroatoms. The van der Waals surface area contributed by atoms with Crippen molar-refractivity contribution in [2.24, 2.45) is 0 Å². The quantitative estimate of drug-likeness (QED) is 0.559. The van der Waals surface area contributed by atoms with E-state index in [0.717, 1.165) is 0 Å². The highest BCUT2D eigenvalue weighted by Gasteiger charge is 2.17. The van der Waals surface area contributed by atoms with Crippen molar-refractivity contribution in [3.05, 3.63) is 59.4 Å². The van der Waals surface area contributed by atoms with E-state index >= 15 is 0 Å². The van der Waals surface area contributed by atoms with Gasteiger partial charge in [-0.1, -0.05) is 17.7 Å². The van der Waals surface area contributed by atoms with Gasteiger partial charge >= 0.3 is 0 Å². The summed E-state index contributed by atoms with van der Waals surface area (Å²) in [5, 5.41) is 12.9. The number of anilines is 2. The van der Waals surface area contributed by atoms with Gasteiger partial charge in [0.15, 0.2) is 17.3 Å². The minimum absolute atomic E-state index is 0.146. The zero-order chi connectivity index (χ0) is 18.1. The standard InChI is InChI=1S/C17H8ClFN6S/c18-9-2-1-3-10(19)13(9)17-24-11-4-5-22-16(14(11)26-17)25-15-12(8-20)21-6-7-23-15/h1-7H,(H,22,23,25). The molecule has 3 heterocycles. The molecule has 0 spiro atoms. The van der Waals surface area contributed by atoms with Crippen molar-refractivity contribution in [2.75, 3.05) is 5.32 Å². The minimum atomic E-state index is -0.445. The van der Waals surface area contributed by atoms with E-state index in [1.807, 2.05) is 6.07 Å². The van der Waals surface area contributed by atoms with Crippen LogP contribution in [-0.4, -0.2) is 19.9 Å². The van der Waals surface area contributed by atoms with Crippen LogP contribution in [0.1, 0.15) is 5.69 Å². The van der Waals surface area contributed by atoms with Crippen molar-refractivity contribution in [3.8, 4) is 16.6 Å². The predicted octanol–water partition coefficient (Wildman–Crippen LogP) is 4.56. The molecule has 0 amide bonds. The normalized spacial score (nSPS) is 10.7. The first-order valence-electron chi connectivity index (χ1n) is 7.35. The number of aromatic nitrogens is 4. The monoisotopic (exact) mass is 382 g/mol. The summed E-state index contributed by atoms with van der Waals surface area (Å²) in [6.07, 6.45) is 4.47. The maximum atomic E-state index is 14.2. The lowest BCUT2D eigenvalue weighted by molar-refractivity contribution is 0.631. The molecule has 0 aliphatic carbocycles. The lowest BCUT2D eigenvalue weighted by Gasteiger charge is -2.05. The van der Waals surface area contributed by atoms with Crippen molar-refractivity contribution in [2.45, 2.75) is 0 Å². The third kappa shape index (κ3) is 2.83. The van der Waals surface area contributed by atoms with E-state index in [9.17, 15) is 4.39 Å². The van der Waals surface area contributed by atoms with Crippen LogP contribution in [0.15, 0.2) is 42.9 Å². The Bertz CT molecular complexity index is 1150.